The third kappa shape index (κ3) is 4.13. The molecule has 2 N–H and O–H groups in total. The standard InChI is InChI=1S/C13H17F2NO4S/c1-3-13(4-2,11(18)19)7-16-10(17)9-8(5-6-21-9)20-12(14)15/h5-6,12H,3-4,7H2,1-2H3,(H,16,17)(H,18,19). The van der Waals surface area contributed by atoms with Gasteiger partial charge in [-0.2, -0.15) is 8.78 Å². The molecular weight excluding hydrogens is 304 g/mol. The van der Waals surface area contributed by atoms with Crippen molar-refractivity contribution in [2.75, 3.05) is 6.54 Å². The summed E-state index contributed by atoms with van der Waals surface area (Å²) in [5.74, 6) is -1.82. The van der Waals surface area contributed by atoms with E-state index in [1.54, 1.807) is 13.8 Å². The van der Waals surface area contributed by atoms with Crippen LogP contribution in [0.2, 0.25) is 0 Å². The molecule has 0 aromatic carbocycles. The minimum absolute atomic E-state index is 0.00166. The van der Waals surface area contributed by atoms with Gasteiger partial charge in [0.05, 0.1) is 5.41 Å². The number of alkyl halides is 2. The van der Waals surface area contributed by atoms with Crippen molar-refractivity contribution in [3.63, 3.8) is 0 Å². The smallest absolute Gasteiger partial charge is 0.387 e. The number of carboxylic acids is 1. The Hall–Kier alpha value is -1.70. The Kier molecular flexibility index (Phi) is 6.07. The second-order valence-electron chi connectivity index (χ2n) is 4.47. The van der Waals surface area contributed by atoms with E-state index in [4.69, 9.17) is 0 Å². The molecule has 21 heavy (non-hydrogen) atoms. The maximum absolute atomic E-state index is 12.2. The van der Waals surface area contributed by atoms with Crippen LogP contribution in [0.4, 0.5) is 8.78 Å². The number of halogens is 2. The van der Waals surface area contributed by atoms with Crippen molar-refractivity contribution in [1.82, 2.24) is 5.32 Å². The predicted molar refractivity (Wildman–Crippen MR) is 73.9 cm³/mol. The SMILES string of the molecule is CCC(CC)(CNC(=O)c1sccc1OC(F)F)C(=O)O. The zero-order valence-electron chi connectivity index (χ0n) is 11.7. The van der Waals surface area contributed by atoms with Crippen LogP contribution in [0.5, 0.6) is 5.75 Å². The molecule has 1 aromatic heterocycles. The monoisotopic (exact) mass is 321 g/mol. The number of rotatable bonds is 8. The van der Waals surface area contributed by atoms with Gasteiger partial charge in [-0.15, -0.1) is 11.3 Å². The molecule has 8 heteroatoms. The summed E-state index contributed by atoms with van der Waals surface area (Å²) in [7, 11) is 0. The summed E-state index contributed by atoms with van der Waals surface area (Å²) in [4.78, 5) is 23.3. The summed E-state index contributed by atoms with van der Waals surface area (Å²) >= 11 is 0.956. The molecular formula is C13H17F2NO4S. The highest BCUT2D eigenvalue weighted by Gasteiger charge is 2.35. The van der Waals surface area contributed by atoms with Crippen LogP contribution in [0.3, 0.4) is 0 Å². The van der Waals surface area contributed by atoms with Crippen molar-refractivity contribution in [3.8, 4) is 5.75 Å². The van der Waals surface area contributed by atoms with E-state index in [0.717, 1.165) is 11.3 Å². The van der Waals surface area contributed by atoms with Gasteiger partial charge in [0.25, 0.3) is 5.91 Å². The fourth-order valence-corrected chi connectivity index (χ4v) is 2.60. The topological polar surface area (TPSA) is 75.6 Å². The molecule has 0 spiro atoms. The number of hydrogen-bond acceptors (Lipinski definition) is 4. The average molecular weight is 321 g/mol. The molecule has 1 rings (SSSR count). The number of ether oxygens (including phenoxy) is 1. The Morgan fingerprint density at radius 3 is 2.52 bits per heavy atom. The van der Waals surface area contributed by atoms with E-state index in [1.807, 2.05) is 0 Å². The lowest BCUT2D eigenvalue weighted by molar-refractivity contribution is -0.149. The Balaban J connectivity index is 2.78. The highest BCUT2D eigenvalue weighted by molar-refractivity contribution is 7.12. The Bertz CT molecular complexity index is 500. The van der Waals surface area contributed by atoms with E-state index in [9.17, 15) is 23.5 Å². The van der Waals surface area contributed by atoms with Crippen LogP contribution >= 0.6 is 11.3 Å². The van der Waals surface area contributed by atoms with Gasteiger partial charge in [-0.25, -0.2) is 0 Å². The first-order valence-electron chi connectivity index (χ1n) is 6.40. The molecule has 0 unspecified atom stereocenters. The number of hydrogen-bond donors (Lipinski definition) is 2. The van der Waals surface area contributed by atoms with E-state index in [-0.39, 0.29) is 17.2 Å². The molecule has 0 radical (unpaired) electrons. The third-order valence-corrected chi connectivity index (χ3v) is 4.34. The molecule has 0 atom stereocenters. The summed E-state index contributed by atoms with van der Waals surface area (Å²) in [6.07, 6.45) is 0.702. The fraction of sp³-hybridized carbons (Fsp3) is 0.538. The van der Waals surface area contributed by atoms with Crippen LogP contribution in [0.15, 0.2) is 11.4 Å². The summed E-state index contributed by atoms with van der Waals surface area (Å²) in [5.41, 5.74) is -1.06. The lowest BCUT2D eigenvalue weighted by atomic mass is 9.82. The second kappa shape index (κ2) is 7.35. The van der Waals surface area contributed by atoms with Gasteiger partial charge < -0.3 is 15.2 Å². The first kappa shape index (κ1) is 17.4. The Morgan fingerprint density at radius 2 is 2.05 bits per heavy atom. The van der Waals surface area contributed by atoms with Crippen molar-refractivity contribution in [1.29, 1.82) is 0 Å². The van der Waals surface area contributed by atoms with Gasteiger partial charge in [0.15, 0.2) is 0 Å². The molecule has 0 aliphatic carbocycles. The predicted octanol–water partition coefficient (Wildman–Crippen LogP) is 2.97. The highest BCUT2D eigenvalue weighted by atomic mass is 32.1. The molecule has 0 bridgehead atoms. The first-order chi connectivity index (χ1) is 9.86. The van der Waals surface area contributed by atoms with Gasteiger partial charge in [0, 0.05) is 6.54 Å². The van der Waals surface area contributed by atoms with Crippen molar-refractivity contribution < 1.29 is 28.2 Å². The van der Waals surface area contributed by atoms with E-state index in [1.165, 1.54) is 11.4 Å². The van der Waals surface area contributed by atoms with Crippen LogP contribution in [-0.2, 0) is 4.79 Å². The number of nitrogens with one attached hydrogen (secondary N) is 1. The third-order valence-electron chi connectivity index (χ3n) is 3.45. The summed E-state index contributed by atoms with van der Waals surface area (Å²) in [5, 5.41) is 13.2. The van der Waals surface area contributed by atoms with Crippen LogP contribution in [-0.4, -0.2) is 30.1 Å². The van der Waals surface area contributed by atoms with Gasteiger partial charge in [0.2, 0.25) is 0 Å². The molecule has 0 saturated carbocycles. The first-order valence-corrected chi connectivity index (χ1v) is 7.28. The summed E-state index contributed by atoms with van der Waals surface area (Å²) in [6.45, 7) is 0.358. The number of amides is 1. The number of carboxylic acid groups (broad SMARTS) is 1. The number of thiophene rings is 1. The van der Waals surface area contributed by atoms with Crippen LogP contribution in [0.25, 0.3) is 0 Å². The number of carbonyl (C=O) groups excluding carboxylic acids is 1. The van der Waals surface area contributed by atoms with Gasteiger partial charge in [-0.05, 0) is 24.3 Å². The zero-order chi connectivity index (χ0) is 16.0. The summed E-state index contributed by atoms with van der Waals surface area (Å²) < 4.78 is 28.6. The number of aliphatic carboxylic acids is 1. The quantitative estimate of drug-likeness (QED) is 0.772. The fourth-order valence-electron chi connectivity index (χ4n) is 1.86. The second-order valence-corrected chi connectivity index (χ2v) is 5.38. The molecule has 118 valence electrons. The molecule has 0 saturated heterocycles. The lowest BCUT2D eigenvalue weighted by Crippen LogP contribution is -2.42. The molecule has 5 nitrogen and oxygen atoms in total. The molecule has 0 aliphatic heterocycles. The van der Waals surface area contributed by atoms with Crippen molar-refractivity contribution in [2.24, 2.45) is 5.41 Å². The maximum atomic E-state index is 12.2. The normalized spacial score (nSPS) is 11.5. The molecule has 0 aliphatic rings. The van der Waals surface area contributed by atoms with Gasteiger partial charge in [-0.1, -0.05) is 13.8 Å². The van der Waals surface area contributed by atoms with Gasteiger partial charge in [-0.3, -0.25) is 9.59 Å². The minimum Gasteiger partial charge on any atom is -0.481 e. The van der Waals surface area contributed by atoms with Gasteiger partial charge >= 0.3 is 12.6 Å². The molecule has 1 heterocycles. The largest absolute Gasteiger partial charge is 0.481 e. The molecule has 1 aromatic rings. The van der Waals surface area contributed by atoms with Crippen molar-refractivity contribution in [3.05, 3.63) is 16.3 Å². The van der Waals surface area contributed by atoms with Crippen LogP contribution < -0.4 is 10.1 Å². The Labute approximate surface area is 124 Å². The Morgan fingerprint density at radius 1 is 1.43 bits per heavy atom. The van der Waals surface area contributed by atoms with E-state index in [0.29, 0.717) is 12.8 Å². The molecule has 1 amide bonds. The average Bonchev–Trinajstić information content (AvgIpc) is 2.87. The van der Waals surface area contributed by atoms with E-state index < -0.39 is 23.9 Å². The summed E-state index contributed by atoms with van der Waals surface area (Å²) in [6, 6.07) is 1.27. The minimum atomic E-state index is -3.02. The van der Waals surface area contributed by atoms with Crippen molar-refractivity contribution >= 4 is 23.2 Å². The lowest BCUT2D eigenvalue weighted by Gasteiger charge is -2.26. The van der Waals surface area contributed by atoms with Crippen molar-refractivity contribution in [2.45, 2.75) is 33.3 Å². The van der Waals surface area contributed by atoms with Crippen LogP contribution in [0.1, 0.15) is 36.4 Å². The number of carbonyl (C=O) groups is 2. The zero-order valence-corrected chi connectivity index (χ0v) is 12.5. The highest BCUT2D eigenvalue weighted by Crippen LogP contribution is 2.28. The molecule has 0 fully saturated rings. The van der Waals surface area contributed by atoms with E-state index >= 15 is 0 Å². The van der Waals surface area contributed by atoms with E-state index in [2.05, 4.69) is 10.1 Å². The maximum Gasteiger partial charge on any atom is 0.387 e. The van der Waals surface area contributed by atoms with Crippen LogP contribution in [0, 0.1) is 5.41 Å². The van der Waals surface area contributed by atoms with Gasteiger partial charge in [0.1, 0.15) is 10.6 Å².